The van der Waals surface area contributed by atoms with Crippen LogP contribution in [0.15, 0.2) is 61.3 Å². The molecule has 1 nitrogen and oxygen atoms in total. The normalized spacial score (nSPS) is 12.1. The second-order valence-electron chi connectivity index (χ2n) is 2.48. The molecule has 0 amide bonds. The van der Waals surface area contributed by atoms with Crippen molar-refractivity contribution < 1.29 is 4.79 Å². The molecule has 0 radical (unpaired) electrons. The van der Waals surface area contributed by atoms with Crippen molar-refractivity contribution in [3.05, 3.63) is 61.3 Å². The van der Waals surface area contributed by atoms with Crippen LogP contribution in [0, 0.1) is 0 Å². The first-order valence-electron chi connectivity index (χ1n) is 3.96. The second kappa shape index (κ2) is 5.95. The molecule has 0 aliphatic heterocycles. The fourth-order valence-corrected chi connectivity index (χ4v) is 0.844. The molecular formula is C12H14O. The Balaban J connectivity index is 4.85. The van der Waals surface area contributed by atoms with Crippen LogP contribution in [-0.2, 0) is 4.79 Å². The molecule has 0 aliphatic rings. The van der Waals surface area contributed by atoms with Gasteiger partial charge in [0.1, 0.15) is 0 Å². The van der Waals surface area contributed by atoms with Crippen molar-refractivity contribution in [1.29, 1.82) is 0 Å². The summed E-state index contributed by atoms with van der Waals surface area (Å²) >= 11 is 0. The Kier molecular flexibility index (Phi) is 5.20. The SMILES string of the molecule is C=C/C=C(\C)C(=O)/C(C=C)=C/C=C. The predicted molar refractivity (Wildman–Crippen MR) is 57.4 cm³/mol. The van der Waals surface area contributed by atoms with Crippen LogP contribution in [-0.4, -0.2) is 5.78 Å². The van der Waals surface area contributed by atoms with Gasteiger partial charge in [0, 0.05) is 5.57 Å². The Morgan fingerprint density at radius 2 is 1.62 bits per heavy atom. The first-order valence-corrected chi connectivity index (χ1v) is 3.96. The highest BCUT2D eigenvalue weighted by molar-refractivity contribution is 6.09. The summed E-state index contributed by atoms with van der Waals surface area (Å²) in [6.07, 6.45) is 7.97. The number of carbonyl (C=O) groups excluding carboxylic acids is 1. The smallest absolute Gasteiger partial charge is 0.188 e. The highest BCUT2D eigenvalue weighted by Crippen LogP contribution is 2.06. The molecule has 0 fully saturated rings. The van der Waals surface area contributed by atoms with Crippen molar-refractivity contribution in [2.45, 2.75) is 6.92 Å². The van der Waals surface area contributed by atoms with Crippen molar-refractivity contribution in [1.82, 2.24) is 0 Å². The third kappa shape index (κ3) is 3.52. The lowest BCUT2D eigenvalue weighted by Gasteiger charge is -1.99. The van der Waals surface area contributed by atoms with Gasteiger partial charge in [0.05, 0.1) is 0 Å². The third-order valence-corrected chi connectivity index (χ3v) is 1.51. The summed E-state index contributed by atoms with van der Waals surface area (Å²) in [6.45, 7) is 12.3. The van der Waals surface area contributed by atoms with E-state index in [1.54, 1.807) is 31.2 Å². The molecule has 0 bridgehead atoms. The van der Waals surface area contributed by atoms with Gasteiger partial charge in [0.15, 0.2) is 5.78 Å². The molecule has 0 aliphatic carbocycles. The highest BCUT2D eigenvalue weighted by Gasteiger charge is 2.05. The topological polar surface area (TPSA) is 17.1 Å². The van der Waals surface area contributed by atoms with E-state index >= 15 is 0 Å². The van der Waals surface area contributed by atoms with Crippen LogP contribution in [0.4, 0.5) is 0 Å². The van der Waals surface area contributed by atoms with E-state index in [0.29, 0.717) is 11.1 Å². The summed E-state index contributed by atoms with van der Waals surface area (Å²) < 4.78 is 0. The largest absolute Gasteiger partial charge is 0.289 e. The van der Waals surface area contributed by atoms with E-state index < -0.39 is 0 Å². The Hall–Kier alpha value is -1.63. The van der Waals surface area contributed by atoms with E-state index in [1.165, 1.54) is 6.08 Å². The Morgan fingerprint density at radius 3 is 2.00 bits per heavy atom. The van der Waals surface area contributed by atoms with Crippen LogP contribution < -0.4 is 0 Å². The summed E-state index contributed by atoms with van der Waals surface area (Å²) in [5.74, 6) is -0.0465. The van der Waals surface area contributed by atoms with Crippen molar-refractivity contribution >= 4 is 5.78 Å². The van der Waals surface area contributed by atoms with E-state index in [-0.39, 0.29) is 5.78 Å². The molecule has 0 N–H and O–H groups in total. The predicted octanol–water partition coefficient (Wildman–Crippen LogP) is 2.99. The van der Waals surface area contributed by atoms with Crippen molar-refractivity contribution in [2.75, 3.05) is 0 Å². The lowest BCUT2D eigenvalue weighted by atomic mass is 10.0. The standard InChI is InChI=1S/C12H14O/c1-5-8-10(4)12(13)11(7-3)9-6-2/h5-9H,1-3H2,4H3/b10-8+,11-9+. The maximum Gasteiger partial charge on any atom is 0.188 e. The van der Waals surface area contributed by atoms with Gasteiger partial charge in [-0.25, -0.2) is 0 Å². The number of hydrogen-bond donors (Lipinski definition) is 0. The molecule has 0 saturated heterocycles. The number of Topliss-reactive ketones (excluding diaryl/α,β-unsaturated/α-hetero) is 1. The number of hydrogen-bond acceptors (Lipinski definition) is 1. The lowest BCUT2D eigenvalue weighted by Crippen LogP contribution is -2.01. The van der Waals surface area contributed by atoms with Gasteiger partial charge in [0.2, 0.25) is 0 Å². The van der Waals surface area contributed by atoms with Crippen LogP contribution in [0.1, 0.15) is 6.92 Å². The van der Waals surface area contributed by atoms with Crippen molar-refractivity contribution in [3.63, 3.8) is 0 Å². The number of ketones is 1. The van der Waals surface area contributed by atoms with Gasteiger partial charge in [-0.15, -0.1) is 0 Å². The minimum atomic E-state index is -0.0465. The monoisotopic (exact) mass is 174 g/mol. The molecule has 68 valence electrons. The van der Waals surface area contributed by atoms with Gasteiger partial charge >= 0.3 is 0 Å². The lowest BCUT2D eigenvalue weighted by molar-refractivity contribution is -0.111. The molecule has 0 rings (SSSR count). The van der Waals surface area contributed by atoms with Gasteiger partial charge < -0.3 is 0 Å². The van der Waals surface area contributed by atoms with E-state index in [1.807, 2.05) is 0 Å². The Morgan fingerprint density at radius 1 is 1.08 bits per heavy atom. The van der Waals surface area contributed by atoms with Crippen LogP contribution in [0.25, 0.3) is 0 Å². The van der Waals surface area contributed by atoms with E-state index in [9.17, 15) is 4.79 Å². The average molecular weight is 174 g/mol. The van der Waals surface area contributed by atoms with Gasteiger partial charge in [0.25, 0.3) is 0 Å². The fourth-order valence-electron chi connectivity index (χ4n) is 0.844. The molecule has 0 aromatic carbocycles. The minimum absolute atomic E-state index is 0.0465. The molecule has 0 saturated carbocycles. The maximum absolute atomic E-state index is 11.6. The summed E-state index contributed by atoms with van der Waals surface area (Å²) in [6, 6.07) is 0. The van der Waals surface area contributed by atoms with Gasteiger partial charge in [-0.3, -0.25) is 4.79 Å². The molecule has 0 aromatic heterocycles. The zero-order valence-electron chi connectivity index (χ0n) is 7.92. The maximum atomic E-state index is 11.6. The number of carbonyl (C=O) groups is 1. The molecule has 0 aromatic rings. The van der Waals surface area contributed by atoms with Gasteiger partial charge in [-0.05, 0) is 12.5 Å². The third-order valence-electron chi connectivity index (χ3n) is 1.51. The van der Waals surface area contributed by atoms with Gasteiger partial charge in [-0.2, -0.15) is 0 Å². The molecular weight excluding hydrogens is 160 g/mol. The van der Waals surface area contributed by atoms with Crippen LogP contribution in [0.5, 0.6) is 0 Å². The Bertz CT molecular complexity index is 290. The second-order valence-corrected chi connectivity index (χ2v) is 2.48. The van der Waals surface area contributed by atoms with E-state index in [2.05, 4.69) is 19.7 Å². The molecule has 0 unspecified atom stereocenters. The minimum Gasteiger partial charge on any atom is -0.289 e. The first kappa shape index (κ1) is 11.4. The van der Waals surface area contributed by atoms with Crippen molar-refractivity contribution in [2.24, 2.45) is 0 Å². The zero-order valence-corrected chi connectivity index (χ0v) is 7.92. The van der Waals surface area contributed by atoms with E-state index in [0.717, 1.165) is 0 Å². The zero-order chi connectivity index (χ0) is 10.3. The van der Waals surface area contributed by atoms with Crippen LogP contribution in [0.2, 0.25) is 0 Å². The summed E-state index contributed by atoms with van der Waals surface area (Å²) in [5, 5.41) is 0. The van der Waals surface area contributed by atoms with Crippen LogP contribution in [0.3, 0.4) is 0 Å². The summed E-state index contributed by atoms with van der Waals surface area (Å²) in [7, 11) is 0. The van der Waals surface area contributed by atoms with Crippen LogP contribution >= 0.6 is 0 Å². The van der Waals surface area contributed by atoms with Crippen molar-refractivity contribution in [3.8, 4) is 0 Å². The molecule has 1 heteroatoms. The molecule has 0 heterocycles. The first-order chi connectivity index (χ1) is 6.17. The molecule has 13 heavy (non-hydrogen) atoms. The Labute approximate surface area is 79.5 Å². The number of allylic oxidation sites excluding steroid dienone is 7. The van der Waals surface area contributed by atoms with E-state index in [4.69, 9.17) is 0 Å². The fraction of sp³-hybridized carbons (Fsp3) is 0.0833. The summed E-state index contributed by atoms with van der Waals surface area (Å²) in [4.78, 5) is 11.6. The highest BCUT2D eigenvalue weighted by atomic mass is 16.1. The molecule has 0 spiro atoms. The molecule has 0 atom stereocenters. The van der Waals surface area contributed by atoms with Gasteiger partial charge in [-0.1, -0.05) is 50.1 Å². The number of rotatable bonds is 5. The quantitative estimate of drug-likeness (QED) is 0.462. The summed E-state index contributed by atoms with van der Waals surface area (Å²) in [5.41, 5.74) is 1.19. The average Bonchev–Trinajstić information content (AvgIpc) is 2.13.